The van der Waals surface area contributed by atoms with Crippen molar-refractivity contribution < 1.29 is 0 Å². The first-order valence-corrected chi connectivity index (χ1v) is 8.18. The third-order valence-electron chi connectivity index (χ3n) is 2.79. The Balaban J connectivity index is 1.86. The van der Waals surface area contributed by atoms with Gasteiger partial charge in [0.15, 0.2) is 0 Å². The lowest BCUT2D eigenvalue weighted by atomic mass is 10.2. The van der Waals surface area contributed by atoms with Crippen LogP contribution in [0.3, 0.4) is 0 Å². The quantitative estimate of drug-likeness (QED) is 0.489. The van der Waals surface area contributed by atoms with Crippen LogP contribution < -0.4 is 0 Å². The zero-order valence-corrected chi connectivity index (χ0v) is 13.6. The van der Waals surface area contributed by atoms with Crippen molar-refractivity contribution in [3.05, 3.63) is 56.8 Å². The fraction of sp³-hybridized carbons (Fsp3) is 0.0714. The van der Waals surface area contributed by atoms with E-state index in [2.05, 4.69) is 63.1 Å². The topological polar surface area (TPSA) is 28.7 Å². The number of aromatic amines is 1. The van der Waals surface area contributed by atoms with Crippen LogP contribution in [0.25, 0.3) is 10.9 Å². The Bertz CT molecular complexity index is 712. The van der Waals surface area contributed by atoms with E-state index in [0.29, 0.717) is 0 Å². The van der Waals surface area contributed by atoms with Gasteiger partial charge in [0.1, 0.15) is 3.70 Å². The lowest BCUT2D eigenvalue weighted by Gasteiger charge is -2.03. The van der Waals surface area contributed by atoms with E-state index >= 15 is 0 Å². The number of benzene rings is 2. The second-order valence-electron chi connectivity index (χ2n) is 4.12. The SMILES string of the molecule is Clc1cc(SCc2ccccc2)cc2[nH]nc(I)c12. The Morgan fingerprint density at radius 3 is 2.79 bits per heavy atom. The molecule has 1 N–H and O–H groups in total. The third kappa shape index (κ3) is 2.90. The summed E-state index contributed by atoms with van der Waals surface area (Å²) in [4.78, 5) is 1.15. The van der Waals surface area contributed by atoms with Gasteiger partial charge < -0.3 is 0 Å². The molecule has 96 valence electrons. The molecular formula is C14H10ClIN2S. The van der Waals surface area contributed by atoms with Crippen molar-refractivity contribution in [2.24, 2.45) is 0 Å². The number of nitrogens with one attached hydrogen (secondary N) is 1. The second kappa shape index (κ2) is 5.73. The van der Waals surface area contributed by atoms with E-state index in [1.807, 2.05) is 12.1 Å². The predicted molar refractivity (Wildman–Crippen MR) is 89.8 cm³/mol. The molecule has 19 heavy (non-hydrogen) atoms. The van der Waals surface area contributed by atoms with Crippen LogP contribution in [0.1, 0.15) is 5.56 Å². The number of hydrogen-bond donors (Lipinski definition) is 1. The van der Waals surface area contributed by atoms with Crippen molar-refractivity contribution in [2.45, 2.75) is 10.6 Å². The van der Waals surface area contributed by atoms with Gasteiger partial charge >= 0.3 is 0 Å². The van der Waals surface area contributed by atoms with Gasteiger partial charge in [-0.2, -0.15) is 5.10 Å². The number of H-pyrrole nitrogens is 1. The van der Waals surface area contributed by atoms with Gasteiger partial charge in [0.25, 0.3) is 0 Å². The minimum absolute atomic E-state index is 0.756. The predicted octanol–water partition coefficient (Wildman–Crippen LogP) is 5.11. The van der Waals surface area contributed by atoms with Crippen LogP contribution in [-0.2, 0) is 5.75 Å². The molecule has 0 bridgehead atoms. The number of fused-ring (bicyclic) bond motifs is 1. The second-order valence-corrected chi connectivity index (χ2v) is 6.59. The summed E-state index contributed by atoms with van der Waals surface area (Å²) in [5, 5.41) is 8.96. The Labute approximate surface area is 134 Å². The average Bonchev–Trinajstić information content (AvgIpc) is 2.80. The van der Waals surface area contributed by atoms with E-state index in [9.17, 15) is 0 Å². The molecule has 0 amide bonds. The third-order valence-corrected chi connectivity index (χ3v) is 4.92. The first-order valence-electron chi connectivity index (χ1n) is 5.74. The summed E-state index contributed by atoms with van der Waals surface area (Å²) < 4.78 is 0.914. The fourth-order valence-corrected chi connectivity index (χ4v) is 4.03. The van der Waals surface area contributed by atoms with Gasteiger partial charge in [-0.3, -0.25) is 5.10 Å². The summed E-state index contributed by atoms with van der Waals surface area (Å²) in [5.74, 6) is 0.938. The van der Waals surface area contributed by atoms with Gasteiger partial charge in [-0.05, 0) is 40.3 Å². The number of thioether (sulfide) groups is 1. The van der Waals surface area contributed by atoms with Crippen LogP contribution in [0.15, 0.2) is 47.4 Å². The maximum atomic E-state index is 6.31. The Kier molecular flexibility index (Phi) is 4.00. The highest BCUT2D eigenvalue weighted by Gasteiger charge is 2.09. The molecule has 0 saturated carbocycles. The molecule has 2 aromatic carbocycles. The van der Waals surface area contributed by atoms with Gasteiger partial charge in [-0.25, -0.2) is 0 Å². The van der Waals surface area contributed by atoms with Crippen molar-refractivity contribution in [1.29, 1.82) is 0 Å². The molecule has 0 spiro atoms. The molecule has 0 atom stereocenters. The molecule has 3 aromatic rings. The highest BCUT2D eigenvalue weighted by atomic mass is 127. The molecule has 1 aromatic heterocycles. The van der Waals surface area contributed by atoms with Gasteiger partial charge in [-0.1, -0.05) is 41.9 Å². The monoisotopic (exact) mass is 400 g/mol. The highest BCUT2D eigenvalue weighted by molar-refractivity contribution is 14.1. The van der Waals surface area contributed by atoms with Crippen molar-refractivity contribution >= 4 is 56.9 Å². The smallest absolute Gasteiger partial charge is 0.132 e. The number of rotatable bonds is 3. The summed E-state index contributed by atoms with van der Waals surface area (Å²) in [6.45, 7) is 0. The molecule has 0 fully saturated rings. The molecule has 0 aliphatic carbocycles. The first kappa shape index (κ1) is 13.3. The number of hydrogen-bond acceptors (Lipinski definition) is 2. The maximum absolute atomic E-state index is 6.31. The number of nitrogens with zero attached hydrogens (tertiary/aromatic N) is 1. The molecule has 1 heterocycles. The standard InChI is InChI=1S/C14H10ClIN2S/c15-11-6-10(7-12-13(11)14(16)18-17-12)19-8-9-4-2-1-3-5-9/h1-7H,8H2,(H,17,18). The maximum Gasteiger partial charge on any atom is 0.132 e. The largest absolute Gasteiger partial charge is 0.277 e. The lowest BCUT2D eigenvalue weighted by Crippen LogP contribution is -1.81. The van der Waals surface area contributed by atoms with E-state index < -0.39 is 0 Å². The van der Waals surface area contributed by atoms with Crippen LogP contribution in [0.5, 0.6) is 0 Å². The number of halogens is 2. The van der Waals surface area contributed by atoms with E-state index in [1.54, 1.807) is 11.8 Å². The van der Waals surface area contributed by atoms with E-state index in [0.717, 1.165) is 30.3 Å². The molecule has 2 nitrogen and oxygen atoms in total. The summed E-state index contributed by atoms with van der Waals surface area (Å²) >= 11 is 10.3. The zero-order chi connectivity index (χ0) is 13.2. The van der Waals surface area contributed by atoms with Crippen molar-refractivity contribution in [1.82, 2.24) is 10.2 Å². The molecule has 0 unspecified atom stereocenters. The molecule has 5 heteroatoms. The summed E-state index contributed by atoms with van der Waals surface area (Å²) in [6, 6.07) is 14.5. The van der Waals surface area contributed by atoms with E-state index in [-0.39, 0.29) is 0 Å². The van der Waals surface area contributed by atoms with Crippen LogP contribution >= 0.6 is 46.0 Å². The first-order chi connectivity index (χ1) is 9.24. The Hall–Kier alpha value is -0.720. The van der Waals surface area contributed by atoms with Gasteiger partial charge in [0.05, 0.1) is 15.9 Å². The minimum Gasteiger partial charge on any atom is -0.277 e. The highest BCUT2D eigenvalue weighted by Crippen LogP contribution is 2.32. The Morgan fingerprint density at radius 2 is 2.00 bits per heavy atom. The van der Waals surface area contributed by atoms with Gasteiger partial charge in [0, 0.05) is 10.6 Å². The summed E-state index contributed by atoms with van der Waals surface area (Å²) in [5.41, 5.74) is 2.30. The zero-order valence-electron chi connectivity index (χ0n) is 9.86. The molecule has 3 rings (SSSR count). The van der Waals surface area contributed by atoms with Crippen molar-refractivity contribution in [3.8, 4) is 0 Å². The van der Waals surface area contributed by atoms with Crippen molar-refractivity contribution in [2.75, 3.05) is 0 Å². The van der Waals surface area contributed by atoms with Crippen LogP contribution in [0.2, 0.25) is 5.02 Å². The van der Waals surface area contributed by atoms with Crippen molar-refractivity contribution in [3.63, 3.8) is 0 Å². The fourth-order valence-electron chi connectivity index (χ4n) is 1.87. The van der Waals surface area contributed by atoms with Gasteiger partial charge in [-0.15, -0.1) is 11.8 Å². The van der Waals surface area contributed by atoms with Crippen LogP contribution in [0.4, 0.5) is 0 Å². The molecule has 0 aliphatic rings. The molecule has 0 aliphatic heterocycles. The molecule has 0 radical (unpaired) electrons. The van der Waals surface area contributed by atoms with Crippen LogP contribution in [0, 0.1) is 3.70 Å². The van der Waals surface area contributed by atoms with Crippen LogP contribution in [-0.4, -0.2) is 10.2 Å². The van der Waals surface area contributed by atoms with E-state index in [1.165, 1.54) is 5.56 Å². The lowest BCUT2D eigenvalue weighted by molar-refractivity contribution is 1.09. The normalized spacial score (nSPS) is 11.1. The average molecular weight is 401 g/mol. The van der Waals surface area contributed by atoms with E-state index in [4.69, 9.17) is 11.6 Å². The summed E-state index contributed by atoms with van der Waals surface area (Å²) in [6.07, 6.45) is 0. The summed E-state index contributed by atoms with van der Waals surface area (Å²) in [7, 11) is 0. The minimum atomic E-state index is 0.756. The molecular weight excluding hydrogens is 391 g/mol. The number of aromatic nitrogens is 2. The van der Waals surface area contributed by atoms with Gasteiger partial charge in [0.2, 0.25) is 0 Å². The Morgan fingerprint density at radius 1 is 1.21 bits per heavy atom. The molecule has 0 saturated heterocycles.